The van der Waals surface area contributed by atoms with Crippen molar-refractivity contribution in [3.63, 3.8) is 0 Å². The maximum atomic E-state index is 3.95. The summed E-state index contributed by atoms with van der Waals surface area (Å²) in [6.45, 7) is 3.95. The van der Waals surface area contributed by atoms with E-state index in [-0.39, 0.29) is 0 Å². The van der Waals surface area contributed by atoms with Crippen molar-refractivity contribution in [2.75, 3.05) is 7.05 Å². The van der Waals surface area contributed by atoms with E-state index in [0.717, 1.165) is 5.92 Å². The Balaban J connectivity index is 2.09. The summed E-state index contributed by atoms with van der Waals surface area (Å²) in [6.07, 6.45) is 9.80. The van der Waals surface area contributed by atoms with E-state index in [0.29, 0.717) is 0 Å². The summed E-state index contributed by atoms with van der Waals surface area (Å²) in [4.78, 5) is 0. The average molecular weight is 167 g/mol. The van der Waals surface area contributed by atoms with Crippen molar-refractivity contribution in [2.45, 2.75) is 44.9 Å². The number of allylic oxidation sites excluding steroid dienone is 1. The van der Waals surface area contributed by atoms with Crippen LogP contribution in [0.5, 0.6) is 0 Å². The number of hydrogen-bond donors (Lipinski definition) is 1. The van der Waals surface area contributed by atoms with Gasteiger partial charge in [0.1, 0.15) is 0 Å². The lowest BCUT2D eigenvalue weighted by atomic mass is 9.86. The molecule has 1 aliphatic carbocycles. The Morgan fingerprint density at radius 3 is 2.58 bits per heavy atom. The molecule has 0 bridgehead atoms. The highest BCUT2D eigenvalue weighted by atomic mass is 14.8. The Morgan fingerprint density at radius 2 is 2.00 bits per heavy atom. The lowest BCUT2D eigenvalue weighted by Crippen LogP contribution is -2.09. The molecule has 0 radical (unpaired) electrons. The van der Waals surface area contributed by atoms with Crippen molar-refractivity contribution in [3.05, 3.63) is 12.3 Å². The summed E-state index contributed by atoms with van der Waals surface area (Å²) in [5.74, 6) is 0.990. The molecular formula is C11H21N. The third-order valence-electron chi connectivity index (χ3n) is 2.93. The Bertz CT molecular complexity index is 134. The molecule has 0 aromatic rings. The van der Waals surface area contributed by atoms with Crippen LogP contribution in [0.15, 0.2) is 12.3 Å². The van der Waals surface area contributed by atoms with Crippen LogP contribution in [0.4, 0.5) is 0 Å². The van der Waals surface area contributed by atoms with E-state index in [2.05, 4.69) is 11.9 Å². The SMILES string of the molecule is C=C(CCC1CCCCC1)NC. The second-order valence-corrected chi connectivity index (χ2v) is 3.90. The standard InChI is InChI=1S/C11H21N/c1-10(12-2)8-9-11-6-4-3-5-7-11/h11-12H,1,3-9H2,2H3. The first-order chi connectivity index (χ1) is 5.83. The lowest BCUT2D eigenvalue weighted by molar-refractivity contribution is 0.337. The summed E-state index contributed by atoms with van der Waals surface area (Å²) >= 11 is 0. The van der Waals surface area contributed by atoms with Gasteiger partial charge in [-0.15, -0.1) is 0 Å². The van der Waals surface area contributed by atoms with Gasteiger partial charge in [0.05, 0.1) is 0 Å². The van der Waals surface area contributed by atoms with Gasteiger partial charge in [-0.25, -0.2) is 0 Å². The second-order valence-electron chi connectivity index (χ2n) is 3.90. The van der Waals surface area contributed by atoms with Gasteiger partial charge < -0.3 is 5.32 Å². The van der Waals surface area contributed by atoms with E-state index in [9.17, 15) is 0 Å². The molecule has 0 amide bonds. The maximum absolute atomic E-state index is 3.95. The molecule has 1 nitrogen and oxygen atoms in total. The van der Waals surface area contributed by atoms with Crippen LogP contribution in [0.2, 0.25) is 0 Å². The van der Waals surface area contributed by atoms with Crippen LogP contribution in [-0.4, -0.2) is 7.05 Å². The van der Waals surface area contributed by atoms with E-state index in [1.54, 1.807) is 0 Å². The highest BCUT2D eigenvalue weighted by molar-refractivity contribution is 4.89. The minimum atomic E-state index is 0.990. The highest BCUT2D eigenvalue weighted by Gasteiger charge is 2.12. The third-order valence-corrected chi connectivity index (χ3v) is 2.93. The smallest absolute Gasteiger partial charge is 0.00311 e. The Hall–Kier alpha value is -0.460. The van der Waals surface area contributed by atoms with Crippen LogP contribution < -0.4 is 5.32 Å². The minimum Gasteiger partial charge on any atom is -0.392 e. The van der Waals surface area contributed by atoms with Gasteiger partial charge in [0.15, 0.2) is 0 Å². The molecule has 0 heterocycles. The summed E-state index contributed by atoms with van der Waals surface area (Å²) in [7, 11) is 1.96. The quantitative estimate of drug-likeness (QED) is 0.678. The maximum Gasteiger partial charge on any atom is 0.00311 e. The van der Waals surface area contributed by atoms with E-state index >= 15 is 0 Å². The molecule has 0 aliphatic heterocycles. The molecule has 1 fully saturated rings. The van der Waals surface area contributed by atoms with E-state index < -0.39 is 0 Å². The predicted octanol–water partition coefficient (Wildman–Crippen LogP) is 3.08. The van der Waals surface area contributed by atoms with Crippen molar-refractivity contribution in [3.8, 4) is 0 Å². The fourth-order valence-corrected chi connectivity index (χ4v) is 1.98. The fraction of sp³-hybridized carbons (Fsp3) is 0.818. The van der Waals surface area contributed by atoms with E-state index in [4.69, 9.17) is 0 Å². The van der Waals surface area contributed by atoms with Crippen molar-refractivity contribution < 1.29 is 0 Å². The number of rotatable bonds is 4. The largest absolute Gasteiger partial charge is 0.392 e. The van der Waals surface area contributed by atoms with Gasteiger partial charge in [0.25, 0.3) is 0 Å². The molecule has 0 unspecified atom stereocenters. The summed E-state index contributed by atoms with van der Waals surface area (Å²) in [6, 6.07) is 0. The van der Waals surface area contributed by atoms with E-state index in [1.807, 2.05) is 7.05 Å². The van der Waals surface area contributed by atoms with Crippen LogP contribution in [0.25, 0.3) is 0 Å². The van der Waals surface area contributed by atoms with Crippen molar-refractivity contribution >= 4 is 0 Å². The first-order valence-electron chi connectivity index (χ1n) is 5.18. The number of hydrogen-bond acceptors (Lipinski definition) is 1. The van der Waals surface area contributed by atoms with Gasteiger partial charge in [-0.3, -0.25) is 0 Å². The zero-order chi connectivity index (χ0) is 8.81. The first kappa shape index (κ1) is 9.63. The normalized spacial score (nSPS) is 19.1. The number of nitrogens with one attached hydrogen (secondary N) is 1. The fourth-order valence-electron chi connectivity index (χ4n) is 1.98. The molecule has 70 valence electrons. The van der Waals surface area contributed by atoms with Crippen molar-refractivity contribution in [1.82, 2.24) is 5.32 Å². The summed E-state index contributed by atoms with van der Waals surface area (Å²) in [5.41, 5.74) is 1.19. The summed E-state index contributed by atoms with van der Waals surface area (Å²) in [5, 5.41) is 3.11. The predicted molar refractivity (Wildman–Crippen MR) is 54.0 cm³/mol. The Morgan fingerprint density at radius 1 is 1.33 bits per heavy atom. The molecule has 0 saturated heterocycles. The van der Waals surface area contributed by atoms with Crippen molar-refractivity contribution in [1.29, 1.82) is 0 Å². The molecule has 0 aromatic heterocycles. The monoisotopic (exact) mass is 167 g/mol. The molecule has 0 spiro atoms. The highest BCUT2D eigenvalue weighted by Crippen LogP contribution is 2.27. The Labute approximate surface area is 76.2 Å². The minimum absolute atomic E-state index is 0.990. The zero-order valence-electron chi connectivity index (χ0n) is 8.23. The van der Waals surface area contributed by atoms with Crippen LogP contribution in [0.1, 0.15) is 44.9 Å². The average Bonchev–Trinajstić information content (AvgIpc) is 2.16. The van der Waals surface area contributed by atoms with Crippen molar-refractivity contribution in [2.24, 2.45) is 5.92 Å². The van der Waals surface area contributed by atoms with Gasteiger partial charge in [0.2, 0.25) is 0 Å². The lowest BCUT2D eigenvalue weighted by Gasteiger charge is -2.21. The molecule has 1 heteroatoms. The summed E-state index contributed by atoms with van der Waals surface area (Å²) < 4.78 is 0. The van der Waals surface area contributed by atoms with E-state index in [1.165, 1.54) is 50.6 Å². The molecule has 12 heavy (non-hydrogen) atoms. The second kappa shape index (κ2) is 5.23. The van der Waals surface area contributed by atoms with Gasteiger partial charge in [-0.1, -0.05) is 38.7 Å². The molecule has 0 aromatic carbocycles. The topological polar surface area (TPSA) is 12.0 Å². The molecule has 1 aliphatic rings. The Kier molecular flexibility index (Phi) is 4.20. The van der Waals surface area contributed by atoms with Crippen LogP contribution in [0, 0.1) is 5.92 Å². The zero-order valence-corrected chi connectivity index (χ0v) is 8.23. The van der Waals surface area contributed by atoms with Gasteiger partial charge in [0, 0.05) is 12.7 Å². The molecule has 1 rings (SSSR count). The molecule has 1 saturated carbocycles. The van der Waals surface area contributed by atoms with Gasteiger partial charge >= 0.3 is 0 Å². The first-order valence-corrected chi connectivity index (χ1v) is 5.18. The molecule has 1 N–H and O–H groups in total. The van der Waals surface area contributed by atoms with Crippen LogP contribution in [0.3, 0.4) is 0 Å². The van der Waals surface area contributed by atoms with Gasteiger partial charge in [-0.05, 0) is 18.8 Å². The van der Waals surface area contributed by atoms with Gasteiger partial charge in [-0.2, -0.15) is 0 Å². The van der Waals surface area contributed by atoms with Crippen LogP contribution in [-0.2, 0) is 0 Å². The molecule has 0 atom stereocenters. The third kappa shape index (κ3) is 3.29. The van der Waals surface area contributed by atoms with Crippen LogP contribution >= 0.6 is 0 Å². The molecular weight excluding hydrogens is 146 g/mol.